The molecule has 0 saturated heterocycles. The molecule has 1 heterocycles. The molecule has 0 unspecified atom stereocenters. The number of hydrogen-bond acceptors (Lipinski definition) is 2. The minimum absolute atomic E-state index is 0.278. The number of nitriles is 1. The Hall–Kier alpha value is -1.86. The average Bonchev–Trinajstić information content (AvgIpc) is 2.66. The summed E-state index contributed by atoms with van der Waals surface area (Å²) < 4.78 is 14.6. The maximum absolute atomic E-state index is 13.1. The molecule has 0 radical (unpaired) electrons. The van der Waals surface area contributed by atoms with Crippen molar-refractivity contribution in [1.29, 1.82) is 5.26 Å². The molecule has 5 heteroatoms. The summed E-state index contributed by atoms with van der Waals surface area (Å²) in [7, 11) is 0. The van der Waals surface area contributed by atoms with Crippen molar-refractivity contribution in [3.8, 4) is 11.8 Å². The lowest BCUT2D eigenvalue weighted by Gasteiger charge is -2.06. The zero-order valence-corrected chi connectivity index (χ0v) is 11.5. The lowest BCUT2D eigenvalue weighted by atomic mass is 10.2. The highest BCUT2D eigenvalue weighted by Gasteiger charge is 2.17. The van der Waals surface area contributed by atoms with Crippen molar-refractivity contribution in [2.45, 2.75) is 26.7 Å². The van der Waals surface area contributed by atoms with Crippen LogP contribution in [0.15, 0.2) is 18.2 Å². The largest absolute Gasteiger partial charge is 0.220 e. The second-order valence-corrected chi connectivity index (χ2v) is 4.67. The number of rotatable bonds is 3. The molecular weight excluding hydrogens is 265 g/mol. The Morgan fingerprint density at radius 2 is 2.21 bits per heavy atom. The second-order valence-electron chi connectivity index (χ2n) is 4.32. The van der Waals surface area contributed by atoms with Gasteiger partial charge in [0.2, 0.25) is 0 Å². The summed E-state index contributed by atoms with van der Waals surface area (Å²) in [6, 6.07) is 6.46. The molecule has 0 aliphatic rings. The molecule has 0 N–H and O–H groups in total. The summed E-state index contributed by atoms with van der Waals surface area (Å²) in [6.45, 7) is 3.79. The average molecular weight is 278 g/mol. The Morgan fingerprint density at radius 3 is 2.79 bits per heavy atom. The van der Waals surface area contributed by atoms with E-state index in [1.807, 2.05) is 6.92 Å². The number of halogens is 2. The number of aryl methyl sites for hydroxylation is 2. The standard InChI is InChI=1S/C14H13ClFN3/c1-3-4-12-11(8-17)14(15)19(18-12)13-6-5-10(16)7-9(13)2/h5-7H,3-4H2,1-2H3. The van der Waals surface area contributed by atoms with Crippen LogP contribution in [-0.2, 0) is 6.42 Å². The Labute approximate surface area is 116 Å². The molecule has 1 aromatic heterocycles. The fourth-order valence-electron chi connectivity index (χ4n) is 1.98. The van der Waals surface area contributed by atoms with Gasteiger partial charge in [0.15, 0.2) is 5.15 Å². The summed E-state index contributed by atoms with van der Waals surface area (Å²) in [4.78, 5) is 0. The van der Waals surface area contributed by atoms with Gasteiger partial charge >= 0.3 is 0 Å². The van der Waals surface area contributed by atoms with Gasteiger partial charge in [-0.15, -0.1) is 0 Å². The van der Waals surface area contributed by atoms with E-state index in [0.717, 1.165) is 12.0 Å². The molecule has 1 aromatic carbocycles. The van der Waals surface area contributed by atoms with E-state index in [1.165, 1.54) is 16.8 Å². The van der Waals surface area contributed by atoms with Gasteiger partial charge in [-0.3, -0.25) is 0 Å². The predicted molar refractivity (Wildman–Crippen MR) is 72.0 cm³/mol. The van der Waals surface area contributed by atoms with E-state index >= 15 is 0 Å². The minimum atomic E-state index is -0.307. The third-order valence-electron chi connectivity index (χ3n) is 2.89. The quantitative estimate of drug-likeness (QED) is 0.856. The van der Waals surface area contributed by atoms with Gasteiger partial charge in [-0.25, -0.2) is 9.07 Å². The van der Waals surface area contributed by atoms with Gasteiger partial charge in [0.25, 0.3) is 0 Å². The number of benzene rings is 1. The molecule has 0 amide bonds. The fourth-order valence-corrected chi connectivity index (χ4v) is 2.26. The Balaban J connectivity index is 2.60. The van der Waals surface area contributed by atoms with Gasteiger partial charge in [0.1, 0.15) is 17.4 Å². The highest BCUT2D eigenvalue weighted by molar-refractivity contribution is 6.31. The zero-order chi connectivity index (χ0) is 14.0. The smallest absolute Gasteiger partial charge is 0.150 e. The third kappa shape index (κ3) is 2.47. The van der Waals surface area contributed by atoms with Gasteiger partial charge in [-0.1, -0.05) is 24.9 Å². The second kappa shape index (κ2) is 5.41. The van der Waals surface area contributed by atoms with Crippen molar-refractivity contribution in [2.75, 3.05) is 0 Å². The van der Waals surface area contributed by atoms with Crippen molar-refractivity contribution in [3.05, 3.63) is 46.0 Å². The van der Waals surface area contributed by atoms with Gasteiger partial charge < -0.3 is 0 Å². The molecule has 0 atom stereocenters. The molecule has 19 heavy (non-hydrogen) atoms. The highest BCUT2D eigenvalue weighted by Crippen LogP contribution is 2.25. The van der Waals surface area contributed by atoms with Crippen LogP contribution in [0.5, 0.6) is 0 Å². The summed E-state index contributed by atoms with van der Waals surface area (Å²) in [5.74, 6) is -0.307. The molecule has 0 fully saturated rings. The van der Waals surface area contributed by atoms with Crippen molar-refractivity contribution in [1.82, 2.24) is 9.78 Å². The monoisotopic (exact) mass is 277 g/mol. The molecule has 0 spiro atoms. The topological polar surface area (TPSA) is 41.6 Å². The van der Waals surface area contributed by atoms with E-state index < -0.39 is 0 Å². The van der Waals surface area contributed by atoms with Crippen LogP contribution >= 0.6 is 11.6 Å². The summed E-state index contributed by atoms with van der Waals surface area (Å²) in [5, 5.41) is 13.8. The van der Waals surface area contributed by atoms with E-state index in [-0.39, 0.29) is 11.0 Å². The predicted octanol–water partition coefficient (Wildman–Crippen LogP) is 3.80. The van der Waals surface area contributed by atoms with Crippen LogP contribution in [0.4, 0.5) is 4.39 Å². The fraction of sp³-hybridized carbons (Fsp3) is 0.286. The first-order valence-corrected chi connectivity index (χ1v) is 6.40. The lowest BCUT2D eigenvalue weighted by molar-refractivity contribution is 0.625. The van der Waals surface area contributed by atoms with E-state index in [1.54, 1.807) is 13.0 Å². The van der Waals surface area contributed by atoms with E-state index in [9.17, 15) is 4.39 Å². The number of aromatic nitrogens is 2. The zero-order valence-electron chi connectivity index (χ0n) is 10.7. The van der Waals surface area contributed by atoms with Gasteiger partial charge in [0, 0.05) is 0 Å². The maximum atomic E-state index is 13.1. The van der Waals surface area contributed by atoms with Crippen LogP contribution < -0.4 is 0 Å². The summed E-state index contributed by atoms with van der Waals surface area (Å²) >= 11 is 6.20. The first-order chi connectivity index (χ1) is 9.08. The molecule has 2 rings (SSSR count). The normalized spacial score (nSPS) is 10.5. The maximum Gasteiger partial charge on any atom is 0.150 e. The number of hydrogen-bond donors (Lipinski definition) is 0. The van der Waals surface area contributed by atoms with Crippen molar-refractivity contribution in [3.63, 3.8) is 0 Å². The van der Waals surface area contributed by atoms with Crippen molar-refractivity contribution < 1.29 is 4.39 Å². The van der Waals surface area contributed by atoms with Crippen LogP contribution in [0.2, 0.25) is 5.15 Å². The van der Waals surface area contributed by atoms with Crippen molar-refractivity contribution >= 4 is 11.6 Å². The molecule has 2 aromatic rings. The molecule has 98 valence electrons. The van der Waals surface area contributed by atoms with Gasteiger partial charge in [-0.2, -0.15) is 10.4 Å². The van der Waals surface area contributed by atoms with Crippen LogP contribution in [0.25, 0.3) is 5.69 Å². The Kier molecular flexibility index (Phi) is 3.87. The van der Waals surface area contributed by atoms with Gasteiger partial charge in [0.05, 0.1) is 11.4 Å². The Morgan fingerprint density at radius 1 is 1.47 bits per heavy atom. The Bertz CT molecular complexity index is 655. The molecule has 3 nitrogen and oxygen atoms in total. The van der Waals surface area contributed by atoms with Crippen LogP contribution in [0.1, 0.15) is 30.2 Å². The first-order valence-electron chi connectivity index (χ1n) is 6.02. The summed E-state index contributed by atoms with van der Waals surface area (Å²) in [6.07, 6.45) is 1.57. The third-order valence-corrected chi connectivity index (χ3v) is 3.24. The van der Waals surface area contributed by atoms with Crippen LogP contribution in [0.3, 0.4) is 0 Å². The van der Waals surface area contributed by atoms with Crippen LogP contribution in [0, 0.1) is 24.1 Å². The molecular formula is C14H13ClFN3. The number of nitrogens with zero attached hydrogens (tertiary/aromatic N) is 3. The first kappa shape index (κ1) is 13.6. The van der Waals surface area contributed by atoms with Crippen molar-refractivity contribution in [2.24, 2.45) is 0 Å². The molecule has 0 saturated carbocycles. The lowest BCUT2D eigenvalue weighted by Crippen LogP contribution is -2.00. The highest BCUT2D eigenvalue weighted by atomic mass is 35.5. The van der Waals surface area contributed by atoms with Gasteiger partial charge in [-0.05, 0) is 37.1 Å². The molecule has 0 aliphatic heterocycles. The van der Waals surface area contributed by atoms with E-state index in [2.05, 4.69) is 11.2 Å². The van der Waals surface area contributed by atoms with E-state index in [0.29, 0.717) is 23.4 Å². The molecule has 0 bridgehead atoms. The SMILES string of the molecule is CCCc1nn(-c2ccc(F)cc2C)c(Cl)c1C#N. The van der Waals surface area contributed by atoms with Crippen LogP contribution in [-0.4, -0.2) is 9.78 Å². The minimum Gasteiger partial charge on any atom is -0.220 e. The summed E-state index contributed by atoms with van der Waals surface area (Å²) in [5.41, 5.74) is 2.48. The van der Waals surface area contributed by atoms with E-state index in [4.69, 9.17) is 16.9 Å². The molecule has 0 aliphatic carbocycles.